The minimum Gasteiger partial charge on any atom is -0.278 e. The lowest BCUT2D eigenvalue weighted by Gasteiger charge is -1.99. The first-order valence-electron chi connectivity index (χ1n) is 5.02. The summed E-state index contributed by atoms with van der Waals surface area (Å²) in [5.41, 5.74) is 2.88. The number of aromatic amines is 1. The summed E-state index contributed by atoms with van der Waals surface area (Å²) in [5.74, 6) is 0. The van der Waals surface area contributed by atoms with Gasteiger partial charge in [-0.3, -0.25) is 15.1 Å². The topological polar surface area (TPSA) is 78.2 Å². The normalized spacial score (nSPS) is 10.3. The third kappa shape index (κ3) is 1.62. The first kappa shape index (κ1) is 9.48. The maximum Gasteiger partial charge on any atom is 0.0992 e. The summed E-state index contributed by atoms with van der Waals surface area (Å²) in [6, 6.07) is 7.33. The van der Waals surface area contributed by atoms with Crippen molar-refractivity contribution in [2.75, 3.05) is 0 Å². The third-order valence-electron chi connectivity index (χ3n) is 2.47. The minimum atomic E-state index is 0.571. The molecule has 0 atom stereocenters. The predicted molar refractivity (Wildman–Crippen MR) is 61.8 cm³/mol. The van der Waals surface area contributed by atoms with E-state index in [0.717, 1.165) is 16.6 Å². The van der Waals surface area contributed by atoms with Crippen LogP contribution in [0.25, 0.3) is 22.3 Å². The fourth-order valence-electron chi connectivity index (χ4n) is 1.62. The molecule has 17 heavy (non-hydrogen) atoms. The van der Waals surface area contributed by atoms with Gasteiger partial charge in [0, 0.05) is 17.8 Å². The molecule has 0 unspecified atom stereocenters. The van der Waals surface area contributed by atoms with Crippen molar-refractivity contribution < 1.29 is 0 Å². The van der Waals surface area contributed by atoms with Crippen LogP contribution in [0.4, 0.5) is 0 Å². The van der Waals surface area contributed by atoms with Crippen LogP contribution in [0.2, 0.25) is 0 Å². The molecule has 0 radical (unpaired) electrons. The van der Waals surface area contributed by atoms with Crippen molar-refractivity contribution in [2.45, 2.75) is 0 Å². The highest BCUT2D eigenvalue weighted by Crippen LogP contribution is 2.19. The summed E-state index contributed by atoms with van der Waals surface area (Å²) in [7, 11) is 0. The number of H-pyrrole nitrogens is 1. The number of hydrogen-bond acceptors (Lipinski definition) is 4. The molecule has 0 spiro atoms. The van der Waals surface area contributed by atoms with Gasteiger partial charge in [0.1, 0.15) is 0 Å². The molecule has 0 aromatic carbocycles. The highest BCUT2D eigenvalue weighted by Gasteiger charge is 2.04. The second-order valence-corrected chi connectivity index (χ2v) is 3.57. The number of nitrogens with one attached hydrogen (secondary N) is 1. The molecule has 0 saturated heterocycles. The van der Waals surface area contributed by atoms with Crippen LogP contribution in [0.3, 0.4) is 0 Å². The number of fused-ring (bicyclic) bond motifs is 1. The zero-order valence-corrected chi connectivity index (χ0v) is 8.75. The van der Waals surface area contributed by atoms with E-state index in [4.69, 9.17) is 5.26 Å². The van der Waals surface area contributed by atoms with E-state index in [0.29, 0.717) is 11.3 Å². The lowest BCUT2D eigenvalue weighted by Crippen LogP contribution is -1.88. The summed E-state index contributed by atoms with van der Waals surface area (Å²) < 4.78 is 0. The Bertz CT molecular complexity index is 723. The zero-order valence-electron chi connectivity index (χ0n) is 8.75. The molecule has 3 aromatic heterocycles. The van der Waals surface area contributed by atoms with Crippen molar-refractivity contribution in [3.05, 3.63) is 42.4 Å². The summed E-state index contributed by atoms with van der Waals surface area (Å²) >= 11 is 0. The molecule has 0 amide bonds. The van der Waals surface area contributed by atoms with Gasteiger partial charge < -0.3 is 0 Å². The van der Waals surface area contributed by atoms with Crippen LogP contribution in [-0.2, 0) is 0 Å². The number of rotatable bonds is 1. The van der Waals surface area contributed by atoms with Crippen molar-refractivity contribution in [2.24, 2.45) is 0 Å². The van der Waals surface area contributed by atoms with Gasteiger partial charge in [-0.1, -0.05) is 0 Å². The average molecular weight is 221 g/mol. The maximum atomic E-state index is 8.83. The second kappa shape index (κ2) is 3.68. The standard InChI is InChI=1S/C12H7N5/c13-5-8-1-2-14-11(3-8)12-4-10-9(6-15-12)7-16-17-10/h1-4,6-7H,(H,16,17). The Hall–Kier alpha value is -2.74. The largest absolute Gasteiger partial charge is 0.278 e. The molecule has 80 valence electrons. The zero-order chi connectivity index (χ0) is 11.7. The van der Waals surface area contributed by atoms with Gasteiger partial charge in [0.05, 0.1) is 34.7 Å². The molecule has 5 nitrogen and oxygen atoms in total. The molecular weight excluding hydrogens is 214 g/mol. The van der Waals surface area contributed by atoms with E-state index >= 15 is 0 Å². The molecule has 3 heterocycles. The summed E-state index contributed by atoms with van der Waals surface area (Å²) in [6.45, 7) is 0. The summed E-state index contributed by atoms with van der Waals surface area (Å²) in [4.78, 5) is 8.49. The Balaban J connectivity index is 2.16. The summed E-state index contributed by atoms with van der Waals surface area (Å²) in [5, 5.41) is 16.6. The van der Waals surface area contributed by atoms with Crippen molar-refractivity contribution in [1.29, 1.82) is 5.26 Å². The van der Waals surface area contributed by atoms with Gasteiger partial charge in [0.25, 0.3) is 0 Å². The van der Waals surface area contributed by atoms with Gasteiger partial charge >= 0.3 is 0 Å². The Morgan fingerprint density at radius 1 is 1.12 bits per heavy atom. The van der Waals surface area contributed by atoms with E-state index in [2.05, 4.69) is 26.2 Å². The Labute approximate surface area is 96.8 Å². The highest BCUT2D eigenvalue weighted by atomic mass is 15.1. The molecular formula is C12H7N5. The molecule has 0 aliphatic carbocycles. The van der Waals surface area contributed by atoms with Crippen molar-refractivity contribution in [3.63, 3.8) is 0 Å². The molecule has 1 N–H and O–H groups in total. The van der Waals surface area contributed by atoms with Crippen molar-refractivity contribution in [3.8, 4) is 17.5 Å². The Morgan fingerprint density at radius 2 is 2.00 bits per heavy atom. The van der Waals surface area contributed by atoms with Crippen LogP contribution in [-0.4, -0.2) is 20.2 Å². The Kier molecular flexibility index (Phi) is 2.06. The maximum absolute atomic E-state index is 8.83. The number of aromatic nitrogens is 4. The monoisotopic (exact) mass is 221 g/mol. The lowest BCUT2D eigenvalue weighted by atomic mass is 10.2. The first-order chi connectivity index (χ1) is 8.36. The van der Waals surface area contributed by atoms with E-state index in [-0.39, 0.29) is 0 Å². The van der Waals surface area contributed by atoms with Gasteiger partial charge in [-0.2, -0.15) is 10.4 Å². The SMILES string of the molecule is N#Cc1ccnc(-c2cc3[nH]ncc3cn2)c1. The van der Waals surface area contributed by atoms with Crippen LogP contribution in [0, 0.1) is 11.3 Å². The van der Waals surface area contributed by atoms with Crippen LogP contribution < -0.4 is 0 Å². The second-order valence-electron chi connectivity index (χ2n) is 3.57. The summed E-state index contributed by atoms with van der Waals surface area (Å²) in [6.07, 6.45) is 5.05. The minimum absolute atomic E-state index is 0.571. The number of hydrogen-bond donors (Lipinski definition) is 1. The van der Waals surface area contributed by atoms with E-state index in [1.54, 1.807) is 30.7 Å². The molecule has 0 saturated carbocycles. The van der Waals surface area contributed by atoms with Crippen LogP contribution in [0.15, 0.2) is 36.8 Å². The molecule has 5 heteroatoms. The molecule has 3 rings (SSSR count). The number of pyridine rings is 2. The van der Waals surface area contributed by atoms with Crippen molar-refractivity contribution >= 4 is 10.9 Å². The molecule has 3 aromatic rings. The number of nitrogens with zero attached hydrogens (tertiary/aromatic N) is 4. The van der Waals surface area contributed by atoms with Gasteiger partial charge in [-0.25, -0.2) is 0 Å². The van der Waals surface area contributed by atoms with E-state index in [1.807, 2.05) is 6.07 Å². The molecule has 0 aliphatic heterocycles. The molecule has 0 aliphatic rings. The van der Waals surface area contributed by atoms with Crippen LogP contribution >= 0.6 is 0 Å². The van der Waals surface area contributed by atoms with Crippen LogP contribution in [0.5, 0.6) is 0 Å². The lowest BCUT2D eigenvalue weighted by molar-refractivity contribution is 1.12. The quantitative estimate of drug-likeness (QED) is 0.680. The van der Waals surface area contributed by atoms with E-state index in [1.165, 1.54) is 0 Å². The fraction of sp³-hybridized carbons (Fsp3) is 0. The average Bonchev–Trinajstić information content (AvgIpc) is 2.86. The molecule has 0 bridgehead atoms. The van der Waals surface area contributed by atoms with E-state index < -0.39 is 0 Å². The van der Waals surface area contributed by atoms with Gasteiger partial charge in [0.15, 0.2) is 0 Å². The van der Waals surface area contributed by atoms with Gasteiger partial charge in [-0.05, 0) is 18.2 Å². The molecule has 0 fully saturated rings. The van der Waals surface area contributed by atoms with Gasteiger partial charge in [-0.15, -0.1) is 0 Å². The van der Waals surface area contributed by atoms with Crippen molar-refractivity contribution in [1.82, 2.24) is 20.2 Å². The van der Waals surface area contributed by atoms with E-state index in [9.17, 15) is 0 Å². The first-order valence-corrected chi connectivity index (χ1v) is 5.02. The smallest absolute Gasteiger partial charge is 0.0992 e. The van der Waals surface area contributed by atoms with Gasteiger partial charge in [0.2, 0.25) is 0 Å². The van der Waals surface area contributed by atoms with Crippen LogP contribution in [0.1, 0.15) is 5.56 Å². The Morgan fingerprint density at radius 3 is 2.88 bits per heavy atom. The predicted octanol–water partition coefficient (Wildman–Crippen LogP) is 1.89. The number of nitriles is 1. The fourth-order valence-corrected chi connectivity index (χ4v) is 1.62. The third-order valence-corrected chi connectivity index (χ3v) is 2.47. The highest BCUT2D eigenvalue weighted by molar-refractivity contribution is 5.80.